The van der Waals surface area contributed by atoms with Gasteiger partial charge in [0.1, 0.15) is 6.54 Å². The molecule has 0 aromatic heterocycles. The number of anilines is 1. The molecule has 5 amide bonds. The van der Waals surface area contributed by atoms with Crippen LogP contribution >= 0.6 is 0 Å². The monoisotopic (exact) mass is 315 g/mol. The molecule has 1 saturated carbocycles. The van der Waals surface area contributed by atoms with Crippen LogP contribution in [0.3, 0.4) is 0 Å². The molecule has 0 unspecified atom stereocenters. The molecule has 1 saturated heterocycles. The number of benzene rings is 1. The van der Waals surface area contributed by atoms with Gasteiger partial charge in [0.2, 0.25) is 5.91 Å². The first-order valence-electron chi connectivity index (χ1n) is 7.45. The van der Waals surface area contributed by atoms with Gasteiger partial charge >= 0.3 is 17.8 Å². The molecule has 0 atom stereocenters. The van der Waals surface area contributed by atoms with E-state index in [-0.39, 0.29) is 6.04 Å². The Bertz CT molecular complexity index is 704. The number of amides is 5. The van der Waals surface area contributed by atoms with Gasteiger partial charge in [-0.1, -0.05) is 18.2 Å². The van der Waals surface area contributed by atoms with E-state index in [1.54, 1.807) is 0 Å². The van der Waals surface area contributed by atoms with Crippen molar-refractivity contribution < 1.29 is 19.2 Å². The van der Waals surface area contributed by atoms with Gasteiger partial charge in [-0.05, 0) is 37.8 Å². The van der Waals surface area contributed by atoms with Gasteiger partial charge in [-0.15, -0.1) is 0 Å². The number of carbonyl (C=O) groups excluding carboxylic acids is 4. The number of para-hydroxylation sites is 1. The molecule has 120 valence electrons. The van der Waals surface area contributed by atoms with Crippen molar-refractivity contribution in [3.63, 3.8) is 0 Å². The summed E-state index contributed by atoms with van der Waals surface area (Å²) in [5, 5.41) is 2.71. The molecule has 7 nitrogen and oxygen atoms in total. The lowest BCUT2D eigenvalue weighted by molar-refractivity contribution is -0.143. The maximum Gasteiger partial charge on any atom is 0.334 e. The number of imide groups is 2. The fourth-order valence-corrected chi connectivity index (χ4v) is 2.65. The molecule has 2 fully saturated rings. The number of aryl methyl sites for hydroxylation is 2. The van der Waals surface area contributed by atoms with Crippen molar-refractivity contribution >= 4 is 29.4 Å². The topological polar surface area (TPSA) is 86.8 Å². The first-order valence-corrected chi connectivity index (χ1v) is 7.45. The Kier molecular flexibility index (Phi) is 3.63. The average molecular weight is 315 g/mol. The average Bonchev–Trinajstić information content (AvgIpc) is 3.29. The number of nitrogens with one attached hydrogen (secondary N) is 1. The number of hydrogen-bond donors (Lipinski definition) is 1. The van der Waals surface area contributed by atoms with Crippen LogP contribution in [0, 0.1) is 13.8 Å². The van der Waals surface area contributed by atoms with E-state index in [1.807, 2.05) is 32.0 Å². The van der Waals surface area contributed by atoms with Crippen LogP contribution < -0.4 is 5.32 Å². The third-order valence-corrected chi connectivity index (χ3v) is 4.04. The normalized spacial score (nSPS) is 17.9. The summed E-state index contributed by atoms with van der Waals surface area (Å²) in [5.74, 6) is -2.27. The summed E-state index contributed by atoms with van der Waals surface area (Å²) in [6, 6.07) is 4.70. The van der Waals surface area contributed by atoms with Crippen molar-refractivity contribution in [1.29, 1.82) is 0 Å². The summed E-state index contributed by atoms with van der Waals surface area (Å²) in [7, 11) is 0. The van der Waals surface area contributed by atoms with Gasteiger partial charge in [-0.25, -0.2) is 9.69 Å². The van der Waals surface area contributed by atoms with E-state index in [0.29, 0.717) is 23.4 Å². The summed E-state index contributed by atoms with van der Waals surface area (Å²) < 4.78 is 0. The van der Waals surface area contributed by atoms with Crippen molar-refractivity contribution in [3.8, 4) is 0 Å². The highest BCUT2D eigenvalue weighted by atomic mass is 16.2. The minimum atomic E-state index is -0.932. The molecule has 1 aliphatic heterocycles. The van der Waals surface area contributed by atoms with Crippen LogP contribution in [0.2, 0.25) is 0 Å². The van der Waals surface area contributed by atoms with E-state index >= 15 is 0 Å². The van der Waals surface area contributed by atoms with Gasteiger partial charge in [-0.3, -0.25) is 19.3 Å². The first-order chi connectivity index (χ1) is 10.9. The quantitative estimate of drug-likeness (QED) is 0.668. The fourth-order valence-electron chi connectivity index (χ4n) is 2.65. The third kappa shape index (κ3) is 2.69. The molecule has 1 N–H and O–H groups in total. The molecule has 0 radical (unpaired) electrons. The van der Waals surface area contributed by atoms with E-state index in [2.05, 4.69) is 5.32 Å². The minimum Gasteiger partial charge on any atom is -0.324 e. The summed E-state index contributed by atoms with van der Waals surface area (Å²) in [6.07, 6.45) is 1.43. The van der Waals surface area contributed by atoms with Crippen molar-refractivity contribution in [3.05, 3.63) is 29.3 Å². The fraction of sp³-hybridized carbons (Fsp3) is 0.375. The lowest BCUT2D eigenvalue weighted by atomic mass is 10.1. The maximum absolute atomic E-state index is 12.2. The van der Waals surface area contributed by atoms with E-state index in [9.17, 15) is 19.2 Å². The third-order valence-electron chi connectivity index (χ3n) is 4.04. The van der Waals surface area contributed by atoms with Crippen molar-refractivity contribution in [2.75, 3.05) is 11.9 Å². The Morgan fingerprint density at radius 3 is 2.30 bits per heavy atom. The molecule has 23 heavy (non-hydrogen) atoms. The lowest BCUT2D eigenvalue weighted by Gasteiger charge is -2.16. The van der Waals surface area contributed by atoms with Crippen LogP contribution in [0.5, 0.6) is 0 Å². The van der Waals surface area contributed by atoms with Gasteiger partial charge in [-0.2, -0.15) is 0 Å². The molecule has 1 aromatic carbocycles. The number of urea groups is 1. The van der Waals surface area contributed by atoms with Gasteiger partial charge in [0.05, 0.1) is 0 Å². The summed E-state index contributed by atoms with van der Waals surface area (Å²) in [6.45, 7) is 3.25. The minimum absolute atomic E-state index is 0.189. The second-order valence-corrected chi connectivity index (χ2v) is 5.90. The standard InChI is InChI=1S/C16H17N3O4/c1-9-4-3-5-10(2)13(9)17-12(20)8-18-14(21)15(22)19(16(18)23)11-6-7-11/h3-5,11H,6-8H2,1-2H3,(H,17,20). The second-order valence-electron chi connectivity index (χ2n) is 5.90. The summed E-state index contributed by atoms with van der Waals surface area (Å²) in [5.41, 5.74) is 2.42. The SMILES string of the molecule is Cc1cccc(C)c1NC(=O)CN1C(=O)C(=O)N(C2CC2)C1=O. The zero-order valence-corrected chi connectivity index (χ0v) is 13.0. The van der Waals surface area contributed by atoms with Crippen LogP contribution in [-0.2, 0) is 14.4 Å². The maximum atomic E-state index is 12.2. The molecular weight excluding hydrogens is 298 g/mol. The van der Waals surface area contributed by atoms with Crippen molar-refractivity contribution in [2.24, 2.45) is 0 Å². The second kappa shape index (κ2) is 5.49. The summed E-state index contributed by atoms with van der Waals surface area (Å²) >= 11 is 0. The Balaban J connectivity index is 1.72. The van der Waals surface area contributed by atoms with Crippen molar-refractivity contribution in [1.82, 2.24) is 9.80 Å². The number of carbonyl (C=O) groups is 4. The van der Waals surface area contributed by atoms with Crippen molar-refractivity contribution in [2.45, 2.75) is 32.7 Å². The zero-order valence-electron chi connectivity index (χ0n) is 13.0. The number of hydrogen-bond acceptors (Lipinski definition) is 4. The van der Waals surface area contributed by atoms with Crippen LogP contribution in [0.25, 0.3) is 0 Å². The highest BCUT2D eigenvalue weighted by molar-refractivity contribution is 6.45. The predicted octanol–water partition coefficient (Wildman–Crippen LogP) is 1.20. The molecule has 7 heteroatoms. The Morgan fingerprint density at radius 2 is 1.74 bits per heavy atom. The van der Waals surface area contributed by atoms with Gasteiger partial charge < -0.3 is 5.32 Å². The van der Waals surface area contributed by atoms with E-state index in [0.717, 1.165) is 16.0 Å². The lowest BCUT2D eigenvalue weighted by Crippen LogP contribution is -2.39. The van der Waals surface area contributed by atoms with Gasteiger partial charge in [0.25, 0.3) is 0 Å². The highest BCUT2D eigenvalue weighted by Gasteiger charge is 2.51. The van der Waals surface area contributed by atoms with Gasteiger partial charge in [0.15, 0.2) is 0 Å². The first kappa shape index (κ1) is 15.2. The Morgan fingerprint density at radius 1 is 1.13 bits per heavy atom. The Hall–Kier alpha value is -2.70. The van der Waals surface area contributed by atoms with E-state index in [4.69, 9.17) is 0 Å². The molecule has 1 heterocycles. The number of nitrogens with zero attached hydrogens (tertiary/aromatic N) is 2. The van der Waals surface area contributed by atoms with Crippen LogP contribution in [0.1, 0.15) is 24.0 Å². The van der Waals surface area contributed by atoms with E-state index < -0.39 is 30.3 Å². The number of rotatable bonds is 4. The zero-order chi connectivity index (χ0) is 16.7. The molecule has 0 bridgehead atoms. The highest BCUT2D eigenvalue weighted by Crippen LogP contribution is 2.31. The molecule has 0 spiro atoms. The van der Waals surface area contributed by atoms with Crippen LogP contribution in [0.4, 0.5) is 10.5 Å². The van der Waals surface area contributed by atoms with Crippen LogP contribution in [-0.4, -0.2) is 46.1 Å². The smallest absolute Gasteiger partial charge is 0.324 e. The summed E-state index contributed by atoms with van der Waals surface area (Å²) in [4.78, 5) is 49.8. The predicted molar refractivity (Wildman–Crippen MR) is 81.5 cm³/mol. The molecule has 3 rings (SSSR count). The molecular formula is C16H17N3O4. The molecule has 1 aliphatic carbocycles. The van der Waals surface area contributed by atoms with E-state index in [1.165, 1.54) is 0 Å². The molecule has 2 aliphatic rings. The largest absolute Gasteiger partial charge is 0.334 e. The Labute approximate surface area is 133 Å². The van der Waals surface area contributed by atoms with Gasteiger partial charge in [0, 0.05) is 11.7 Å². The molecule has 1 aromatic rings. The van der Waals surface area contributed by atoms with Crippen LogP contribution in [0.15, 0.2) is 18.2 Å².